The van der Waals surface area contributed by atoms with Crippen molar-refractivity contribution in [3.05, 3.63) is 54.1 Å². The molecular weight excluding hydrogens is 308 g/mol. The Kier molecular flexibility index (Phi) is 5.65. The van der Waals surface area contributed by atoms with E-state index in [1.54, 1.807) is 13.3 Å². The van der Waals surface area contributed by atoms with Gasteiger partial charge >= 0.3 is 0 Å². The molecule has 1 saturated heterocycles. The molecule has 2 aromatic carbocycles. The third-order valence-corrected chi connectivity index (χ3v) is 3.43. The number of para-hydroxylation sites is 1. The van der Waals surface area contributed by atoms with Crippen molar-refractivity contribution < 1.29 is 18.9 Å². The first-order valence-corrected chi connectivity index (χ1v) is 7.73. The molecule has 0 saturated carbocycles. The van der Waals surface area contributed by atoms with Crippen LogP contribution in [0.15, 0.2) is 53.6 Å². The lowest BCUT2D eigenvalue weighted by molar-refractivity contribution is -0.0687. The molecule has 0 spiro atoms. The van der Waals surface area contributed by atoms with Gasteiger partial charge in [0.25, 0.3) is 0 Å². The molecule has 1 aliphatic heterocycles. The Labute approximate surface area is 141 Å². The van der Waals surface area contributed by atoms with Crippen LogP contribution in [0.1, 0.15) is 5.56 Å². The van der Waals surface area contributed by atoms with Crippen molar-refractivity contribution in [1.82, 2.24) is 0 Å². The average Bonchev–Trinajstić information content (AvgIpc) is 3.14. The highest BCUT2D eigenvalue weighted by Crippen LogP contribution is 2.28. The van der Waals surface area contributed by atoms with E-state index in [2.05, 4.69) is 10.5 Å². The van der Waals surface area contributed by atoms with Gasteiger partial charge in [-0.3, -0.25) is 5.43 Å². The first-order chi connectivity index (χ1) is 11.8. The van der Waals surface area contributed by atoms with Crippen LogP contribution in [0.5, 0.6) is 11.5 Å². The van der Waals surface area contributed by atoms with Crippen LogP contribution in [0.25, 0.3) is 0 Å². The van der Waals surface area contributed by atoms with Crippen LogP contribution in [-0.2, 0) is 9.47 Å². The van der Waals surface area contributed by atoms with Gasteiger partial charge in [0.1, 0.15) is 6.61 Å². The molecule has 6 nitrogen and oxygen atoms in total. The molecule has 0 aromatic heterocycles. The topological polar surface area (TPSA) is 61.3 Å². The van der Waals surface area contributed by atoms with E-state index in [1.807, 2.05) is 48.5 Å². The molecule has 1 aliphatic rings. The molecule has 1 heterocycles. The monoisotopic (exact) mass is 328 g/mol. The van der Waals surface area contributed by atoms with E-state index in [1.165, 1.54) is 0 Å². The molecule has 0 unspecified atom stereocenters. The fourth-order valence-corrected chi connectivity index (χ4v) is 2.24. The van der Waals surface area contributed by atoms with Crippen molar-refractivity contribution in [2.75, 3.05) is 32.4 Å². The third kappa shape index (κ3) is 4.47. The molecule has 1 N–H and O–H groups in total. The highest BCUT2D eigenvalue weighted by Gasteiger charge is 2.17. The molecule has 2 aromatic rings. The summed E-state index contributed by atoms with van der Waals surface area (Å²) >= 11 is 0. The summed E-state index contributed by atoms with van der Waals surface area (Å²) < 4.78 is 21.8. The van der Waals surface area contributed by atoms with Gasteiger partial charge in [-0.05, 0) is 35.9 Å². The average molecular weight is 328 g/mol. The fraction of sp³-hybridized carbons (Fsp3) is 0.278. The Morgan fingerprint density at radius 2 is 1.92 bits per heavy atom. The summed E-state index contributed by atoms with van der Waals surface area (Å²) in [6.07, 6.45) is 1.40. The van der Waals surface area contributed by atoms with Crippen molar-refractivity contribution in [2.45, 2.75) is 6.29 Å². The van der Waals surface area contributed by atoms with Gasteiger partial charge in [0.15, 0.2) is 17.8 Å². The quantitative estimate of drug-likeness (QED) is 0.625. The number of ether oxygens (including phenoxy) is 4. The van der Waals surface area contributed by atoms with Crippen LogP contribution in [0, 0.1) is 0 Å². The van der Waals surface area contributed by atoms with E-state index in [0.717, 1.165) is 11.3 Å². The van der Waals surface area contributed by atoms with E-state index >= 15 is 0 Å². The maximum absolute atomic E-state index is 5.76. The van der Waals surface area contributed by atoms with Gasteiger partial charge in [-0.25, -0.2) is 0 Å². The highest BCUT2D eigenvalue weighted by atomic mass is 16.7. The Bertz CT molecular complexity index is 670. The number of hydrogen-bond donors (Lipinski definition) is 1. The number of anilines is 1. The lowest BCUT2D eigenvalue weighted by Gasteiger charge is -2.14. The normalized spacial score (nSPS) is 14.9. The van der Waals surface area contributed by atoms with Crippen molar-refractivity contribution in [2.24, 2.45) is 5.10 Å². The van der Waals surface area contributed by atoms with Crippen LogP contribution < -0.4 is 14.9 Å². The summed E-state index contributed by atoms with van der Waals surface area (Å²) in [6, 6.07) is 15.4. The van der Waals surface area contributed by atoms with Gasteiger partial charge in [0, 0.05) is 0 Å². The maximum atomic E-state index is 5.76. The van der Waals surface area contributed by atoms with E-state index in [-0.39, 0.29) is 6.29 Å². The van der Waals surface area contributed by atoms with Crippen LogP contribution in [-0.4, -0.2) is 39.4 Å². The Morgan fingerprint density at radius 3 is 2.67 bits per heavy atom. The molecule has 0 radical (unpaired) electrons. The molecule has 1 fully saturated rings. The van der Waals surface area contributed by atoms with Crippen molar-refractivity contribution in [3.63, 3.8) is 0 Å². The lowest BCUT2D eigenvalue weighted by atomic mass is 10.2. The molecule has 0 amide bonds. The van der Waals surface area contributed by atoms with Crippen molar-refractivity contribution >= 4 is 11.9 Å². The molecule has 24 heavy (non-hydrogen) atoms. The second kappa shape index (κ2) is 8.33. The van der Waals surface area contributed by atoms with E-state index < -0.39 is 0 Å². The fourth-order valence-electron chi connectivity index (χ4n) is 2.24. The van der Waals surface area contributed by atoms with Crippen molar-refractivity contribution in [1.29, 1.82) is 0 Å². The maximum Gasteiger partial charge on any atom is 0.191 e. The van der Waals surface area contributed by atoms with Gasteiger partial charge < -0.3 is 18.9 Å². The third-order valence-electron chi connectivity index (χ3n) is 3.43. The first-order valence-electron chi connectivity index (χ1n) is 7.73. The first kappa shape index (κ1) is 16.3. The van der Waals surface area contributed by atoms with Gasteiger partial charge in [-0.2, -0.15) is 5.10 Å². The second-order valence-electron chi connectivity index (χ2n) is 5.13. The molecule has 0 aliphatic carbocycles. The molecule has 126 valence electrons. The Hall–Kier alpha value is -2.57. The van der Waals surface area contributed by atoms with Gasteiger partial charge in [-0.1, -0.05) is 18.2 Å². The number of hydrazone groups is 1. The van der Waals surface area contributed by atoms with Gasteiger partial charge in [0.05, 0.1) is 32.2 Å². The number of benzene rings is 2. The number of rotatable bonds is 7. The SMILES string of the molecule is COc1ccc(C=NNc2ccccc2)cc1OCC1OCCO1. The van der Waals surface area contributed by atoms with Crippen LogP contribution in [0.3, 0.4) is 0 Å². The van der Waals surface area contributed by atoms with E-state index in [0.29, 0.717) is 31.3 Å². The zero-order chi connectivity index (χ0) is 16.6. The smallest absolute Gasteiger partial charge is 0.191 e. The zero-order valence-electron chi connectivity index (χ0n) is 13.5. The largest absolute Gasteiger partial charge is 0.493 e. The Morgan fingerprint density at radius 1 is 1.12 bits per heavy atom. The molecule has 3 rings (SSSR count). The summed E-state index contributed by atoms with van der Waals surface area (Å²) in [5.74, 6) is 1.28. The summed E-state index contributed by atoms with van der Waals surface area (Å²) in [7, 11) is 1.61. The van der Waals surface area contributed by atoms with E-state index in [4.69, 9.17) is 18.9 Å². The minimum Gasteiger partial charge on any atom is -0.493 e. The number of nitrogens with one attached hydrogen (secondary N) is 1. The summed E-state index contributed by atoms with van der Waals surface area (Å²) in [4.78, 5) is 0. The molecule has 0 bridgehead atoms. The van der Waals surface area contributed by atoms with Gasteiger partial charge in [0.2, 0.25) is 0 Å². The molecule has 0 atom stereocenters. The summed E-state index contributed by atoms with van der Waals surface area (Å²) in [5, 5.41) is 4.23. The minimum absolute atomic E-state index is 0.319. The molecule has 6 heteroatoms. The predicted octanol–water partition coefficient (Wildman–Crippen LogP) is 2.89. The van der Waals surface area contributed by atoms with E-state index in [9.17, 15) is 0 Å². The highest BCUT2D eigenvalue weighted by molar-refractivity contribution is 5.81. The lowest BCUT2D eigenvalue weighted by Crippen LogP contribution is -2.18. The zero-order valence-corrected chi connectivity index (χ0v) is 13.5. The number of hydrogen-bond acceptors (Lipinski definition) is 6. The standard InChI is InChI=1S/C18H20N2O4/c1-21-16-8-7-14(12-19-20-15-5-3-2-4-6-15)11-17(16)24-13-18-22-9-10-23-18/h2-8,11-12,18,20H,9-10,13H2,1H3. The summed E-state index contributed by atoms with van der Waals surface area (Å²) in [5.41, 5.74) is 4.79. The summed E-state index contributed by atoms with van der Waals surface area (Å²) in [6.45, 7) is 1.52. The predicted molar refractivity (Wildman–Crippen MR) is 91.8 cm³/mol. The van der Waals surface area contributed by atoms with Crippen LogP contribution in [0.4, 0.5) is 5.69 Å². The molecular formula is C18H20N2O4. The number of methoxy groups -OCH3 is 1. The number of nitrogens with zero attached hydrogens (tertiary/aromatic N) is 1. The minimum atomic E-state index is -0.327. The van der Waals surface area contributed by atoms with Crippen LogP contribution >= 0.6 is 0 Å². The second-order valence-corrected chi connectivity index (χ2v) is 5.13. The van der Waals surface area contributed by atoms with Gasteiger partial charge in [-0.15, -0.1) is 0 Å². The van der Waals surface area contributed by atoms with Crippen molar-refractivity contribution in [3.8, 4) is 11.5 Å². The van der Waals surface area contributed by atoms with Crippen LogP contribution in [0.2, 0.25) is 0 Å². The Balaban J connectivity index is 1.63.